The van der Waals surface area contributed by atoms with E-state index < -0.39 is 0 Å². The lowest BCUT2D eigenvalue weighted by Gasteiger charge is -2.58. The van der Waals surface area contributed by atoms with Gasteiger partial charge >= 0.3 is 0 Å². The summed E-state index contributed by atoms with van der Waals surface area (Å²) in [6, 6.07) is 6.50. The molecule has 1 aliphatic rings. The molecule has 33 heavy (non-hydrogen) atoms. The van der Waals surface area contributed by atoms with Gasteiger partial charge < -0.3 is 10.4 Å². The van der Waals surface area contributed by atoms with Crippen molar-refractivity contribution in [2.24, 2.45) is 10.8 Å². The lowest BCUT2D eigenvalue weighted by molar-refractivity contribution is -0.0313. The number of nitrogens with one attached hydrogen (secondary N) is 2. The fraction of sp³-hybridized carbons (Fsp3) is 0.375. The smallest absolute Gasteiger partial charge is 0.134 e. The molecule has 0 aliphatic heterocycles. The number of aromatic amines is 1. The molecule has 0 radical (unpaired) electrons. The number of halogens is 1. The summed E-state index contributed by atoms with van der Waals surface area (Å²) in [4.78, 5) is 8.81. The standard InChI is InChI=1S/C17H24N6.C7H4ClNO/c1-11(21-15-16(2,3)10-17(15,4)5)12-7-18-14(19-8-12)6-13-9-20-23-22-13;8-7-3-6(10)2-1-5(7)4-9/h7-9,15,21H,1,6,10H2,2-5H3,(H,20,22,23);1-3,10H. The van der Waals surface area contributed by atoms with Crippen LogP contribution in [0.15, 0.2) is 43.4 Å². The molecule has 4 rings (SSSR count). The molecule has 0 bridgehead atoms. The number of phenolic OH excluding ortho intramolecular Hbond substituents is 1. The predicted molar refractivity (Wildman–Crippen MR) is 127 cm³/mol. The zero-order valence-electron chi connectivity index (χ0n) is 19.2. The number of aromatic nitrogens is 5. The minimum atomic E-state index is 0.0731. The largest absolute Gasteiger partial charge is 0.508 e. The molecule has 0 atom stereocenters. The molecule has 0 unspecified atom stereocenters. The van der Waals surface area contributed by atoms with E-state index in [-0.39, 0.29) is 21.6 Å². The van der Waals surface area contributed by atoms with Crippen molar-refractivity contribution in [3.8, 4) is 11.8 Å². The van der Waals surface area contributed by atoms with Gasteiger partial charge in [-0.3, -0.25) is 0 Å². The van der Waals surface area contributed by atoms with E-state index in [9.17, 15) is 0 Å². The van der Waals surface area contributed by atoms with Gasteiger partial charge in [0.1, 0.15) is 17.6 Å². The summed E-state index contributed by atoms with van der Waals surface area (Å²) in [7, 11) is 0. The summed E-state index contributed by atoms with van der Waals surface area (Å²) in [5, 5.41) is 31.5. The van der Waals surface area contributed by atoms with Gasteiger partial charge in [-0.2, -0.15) is 20.7 Å². The average Bonchev–Trinajstić information content (AvgIpc) is 3.25. The molecule has 172 valence electrons. The Morgan fingerprint density at radius 1 is 1.24 bits per heavy atom. The number of benzene rings is 1. The molecule has 2 heterocycles. The van der Waals surface area contributed by atoms with Crippen LogP contribution in [0.5, 0.6) is 5.75 Å². The van der Waals surface area contributed by atoms with E-state index >= 15 is 0 Å². The molecular formula is C24H28ClN7O. The number of nitrogens with zero attached hydrogens (tertiary/aromatic N) is 5. The van der Waals surface area contributed by atoms with E-state index in [4.69, 9.17) is 22.0 Å². The molecule has 2 aromatic heterocycles. The first-order chi connectivity index (χ1) is 15.5. The Hall–Kier alpha value is -3.44. The highest BCUT2D eigenvalue weighted by Gasteiger charge is 2.52. The monoisotopic (exact) mass is 465 g/mol. The van der Waals surface area contributed by atoms with E-state index in [1.165, 1.54) is 24.6 Å². The Kier molecular flexibility index (Phi) is 7.04. The molecule has 1 fully saturated rings. The third-order valence-electron chi connectivity index (χ3n) is 5.72. The van der Waals surface area contributed by atoms with Crippen molar-refractivity contribution < 1.29 is 5.11 Å². The highest BCUT2D eigenvalue weighted by atomic mass is 35.5. The number of H-pyrrole nitrogens is 1. The van der Waals surface area contributed by atoms with E-state index in [0.29, 0.717) is 18.0 Å². The number of nitriles is 1. The topological polar surface area (TPSA) is 123 Å². The van der Waals surface area contributed by atoms with Crippen molar-refractivity contribution in [3.05, 3.63) is 71.0 Å². The van der Waals surface area contributed by atoms with Crippen LogP contribution in [0.1, 0.15) is 56.8 Å². The molecule has 0 saturated heterocycles. The fourth-order valence-electron chi connectivity index (χ4n) is 4.62. The van der Waals surface area contributed by atoms with Crippen molar-refractivity contribution in [1.29, 1.82) is 5.26 Å². The predicted octanol–water partition coefficient (Wildman–Crippen LogP) is 4.49. The second-order valence-electron chi connectivity index (χ2n) is 9.51. The number of hydrogen-bond acceptors (Lipinski definition) is 7. The molecule has 1 aliphatic carbocycles. The fourth-order valence-corrected chi connectivity index (χ4v) is 4.84. The Morgan fingerprint density at radius 2 is 1.91 bits per heavy atom. The quantitative estimate of drug-likeness (QED) is 0.507. The van der Waals surface area contributed by atoms with Crippen LogP contribution in [-0.4, -0.2) is 36.5 Å². The first-order valence-corrected chi connectivity index (χ1v) is 10.9. The molecule has 1 aromatic carbocycles. The van der Waals surface area contributed by atoms with Crippen molar-refractivity contribution in [2.45, 2.75) is 46.6 Å². The Balaban J connectivity index is 0.000000257. The maximum Gasteiger partial charge on any atom is 0.134 e. The minimum Gasteiger partial charge on any atom is -0.508 e. The molecule has 1 saturated carbocycles. The second kappa shape index (κ2) is 9.59. The maximum absolute atomic E-state index is 8.84. The summed E-state index contributed by atoms with van der Waals surface area (Å²) in [5.74, 6) is 0.795. The van der Waals surface area contributed by atoms with Crippen LogP contribution in [0, 0.1) is 22.2 Å². The van der Waals surface area contributed by atoms with Gasteiger partial charge in [-0.1, -0.05) is 45.9 Å². The van der Waals surface area contributed by atoms with Gasteiger partial charge in [-0.25, -0.2) is 9.97 Å². The van der Waals surface area contributed by atoms with Crippen molar-refractivity contribution >= 4 is 17.3 Å². The van der Waals surface area contributed by atoms with Crippen LogP contribution < -0.4 is 5.32 Å². The van der Waals surface area contributed by atoms with E-state index in [1.807, 2.05) is 18.5 Å². The van der Waals surface area contributed by atoms with Crippen LogP contribution in [0.25, 0.3) is 5.70 Å². The minimum absolute atomic E-state index is 0.0731. The number of aromatic hydroxyl groups is 1. The van der Waals surface area contributed by atoms with Crippen LogP contribution in [0.3, 0.4) is 0 Å². The second-order valence-corrected chi connectivity index (χ2v) is 9.92. The Morgan fingerprint density at radius 3 is 2.42 bits per heavy atom. The van der Waals surface area contributed by atoms with Gasteiger partial charge in [0, 0.05) is 29.7 Å². The summed E-state index contributed by atoms with van der Waals surface area (Å²) in [6.07, 6.45) is 7.09. The van der Waals surface area contributed by atoms with E-state index in [2.05, 4.69) is 65.0 Å². The van der Waals surface area contributed by atoms with Crippen molar-refractivity contribution in [2.75, 3.05) is 0 Å². The zero-order chi connectivity index (χ0) is 24.2. The van der Waals surface area contributed by atoms with Crippen molar-refractivity contribution in [3.63, 3.8) is 0 Å². The van der Waals surface area contributed by atoms with E-state index in [0.717, 1.165) is 22.8 Å². The van der Waals surface area contributed by atoms with Gasteiger partial charge in [-0.05, 0) is 35.4 Å². The third-order valence-corrected chi connectivity index (χ3v) is 6.04. The third kappa shape index (κ3) is 5.88. The molecule has 9 heteroatoms. The van der Waals surface area contributed by atoms with Crippen LogP contribution in [0.2, 0.25) is 5.02 Å². The first kappa shape index (κ1) is 24.2. The highest BCUT2D eigenvalue weighted by molar-refractivity contribution is 6.31. The summed E-state index contributed by atoms with van der Waals surface area (Å²) < 4.78 is 0. The van der Waals surface area contributed by atoms with Crippen molar-refractivity contribution in [1.82, 2.24) is 30.7 Å². The summed E-state index contributed by atoms with van der Waals surface area (Å²) in [5.41, 5.74) is 3.56. The van der Waals surface area contributed by atoms with Crippen LogP contribution >= 0.6 is 11.6 Å². The molecule has 0 spiro atoms. The molecule has 3 N–H and O–H groups in total. The van der Waals surface area contributed by atoms with Crippen LogP contribution in [-0.2, 0) is 6.42 Å². The summed E-state index contributed by atoms with van der Waals surface area (Å²) in [6.45, 7) is 13.3. The highest BCUT2D eigenvalue weighted by Crippen LogP contribution is 2.54. The molecular weight excluding hydrogens is 438 g/mol. The molecule has 0 amide bonds. The van der Waals surface area contributed by atoms with E-state index in [1.54, 1.807) is 6.20 Å². The average molecular weight is 466 g/mol. The Labute approximate surface area is 198 Å². The summed E-state index contributed by atoms with van der Waals surface area (Å²) >= 11 is 5.55. The number of rotatable bonds is 5. The molecule has 3 aromatic rings. The SMILES string of the molecule is C=C(NC1C(C)(C)CC1(C)C)c1cnc(Cc2cn[nH]n2)nc1.N#Cc1ccc(O)cc1Cl. The lowest BCUT2D eigenvalue weighted by atomic mass is 9.52. The van der Waals surface area contributed by atoms with Gasteiger partial charge in [-0.15, -0.1) is 0 Å². The molecule has 8 nitrogen and oxygen atoms in total. The maximum atomic E-state index is 8.84. The Bertz CT molecular complexity index is 1130. The van der Waals surface area contributed by atoms with Gasteiger partial charge in [0.05, 0.1) is 28.9 Å². The van der Waals surface area contributed by atoms with Gasteiger partial charge in [0.15, 0.2) is 0 Å². The number of phenols is 1. The zero-order valence-corrected chi connectivity index (χ0v) is 20.0. The van der Waals surface area contributed by atoms with Gasteiger partial charge in [0.25, 0.3) is 0 Å². The van der Waals surface area contributed by atoms with Crippen LogP contribution in [0.4, 0.5) is 0 Å². The lowest BCUT2D eigenvalue weighted by Crippen LogP contribution is -2.61. The van der Waals surface area contributed by atoms with Gasteiger partial charge in [0.2, 0.25) is 0 Å². The number of hydrogen-bond donors (Lipinski definition) is 3. The normalized spacial score (nSPS) is 16.0. The first-order valence-electron chi connectivity index (χ1n) is 10.5.